The minimum atomic E-state index is -0.825. The average Bonchev–Trinajstić information content (AvgIpc) is 3.35. The van der Waals surface area contributed by atoms with Crippen LogP contribution < -0.4 is 15.0 Å². The van der Waals surface area contributed by atoms with Crippen LogP contribution in [0, 0.1) is 11.8 Å². The van der Waals surface area contributed by atoms with Crippen molar-refractivity contribution in [3.63, 3.8) is 0 Å². The van der Waals surface area contributed by atoms with Gasteiger partial charge in [-0.15, -0.1) is 12.4 Å². The second-order valence-corrected chi connectivity index (χ2v) is 7.10. The van der Waals surface area contributed by atoms with Crippen molar-refractivity contribution in [2.24, 2.45) is 11.8 Å². The summed E-state index contributed by atoms with van der Waals surface area (Å²) in [5.74, 6) is 2.24. The number of ether oxygens (including phenoxy) is 2. The van der Waals surface area contributed by atoms with E-state index < -0.39 is 5.60 Å². The second-order valence-electron chi connectivity index (χ2n) is 7.10. The van der Waals surface area contributed by atoms with Crippen LogP contribution in [0.15, 0.2) is 12.3 Å². The van der Waals surface area contributed by atoms with Crippen LogP contribution in [0.25, 0.3) is 0 Å². The normalized spacial score (nSPS) is 23.1. The Morgan fingerprint density at radius 2 is 2.04 bits per heavy atom. The van der Waals surface area contributed by atoms with Crippen LogP contribution in [0.3, 0.4) is 0 Å². The Balaban J connectivity index is 0.00000225. The van der Waals surface area contributed by atoms with Gasteiger partial charge in [-0.1, -0.05) is 0 Å². The number of carbonyl (C=O) groups excluding carboxylic acids is 1. The van der Waals surface area contributed by atoms with Gasteiger partial charge in [-0.3, -0.25) is 4.79 Å². The number of carbonyl (C=O) groups is 1. The predicted molar refractivity (Wildman–Crippen MR) is 97.3 cm³/mol. The van der Waals surface area contributed by atoms with Gasteiger partial charge < -0.3 is 19.7 Å². The maximum Gasteiger partial charge on any atom is 0.251 e. The number of amides is 1. The summed E-state index contributed by atoms with van der Waals surface area (Å²) in [6, 6.07) is 1.83. The molecule has 2 aliphatic rings. The van der Waals surface area contributed by atoms with Gasteiger partial charge >= 0.3 is 0 Å². The van der Waals surface area contributed by atoms with Gasteiger partial charge in [0.15, 0.2) is 0 Å². The minimum Gasteiger partial charge on any atom is -0.481 e. The average molecular weight is 371 g/mol. The van der Waals surface area contributed by atoms with Crippen molar-refractivity contribution in [2.45, 2.75) is 38.3 Å². The number of hydrogen-bond donors (Lipinski definition) is 1. The number of aromatic nitrogens is 2. The molecule has 0 aromatic carbocycles. The van der Waals surface area contributed by atoms with E-state index in [1.54, 1.807) is 40.3 Å². The van der Waals surface area contributed by atoms with Gasteiger partial charge in [-0.25, -0.2) is 4.98 Å². The van der Waals surface area contributed by atoms with Crippen LogP contribution in [-0.4, -0.2) is 54.8 Å². The lowest BCUT2D eigenvalue weighted by molar-refractivity contribution is -0.140. The molecule has 0 bridgehead atoms. The zero-order valence-corrected chi connectivity index (χ0v) is 16.0. The molecule has 2 fully saturated rings. The molecular weight excluding hydrogens is 344 g/mol. The third kappa shape index (κ3) is 4.33. The minimum absolute atomic E-state index is 0. The molecule has 1 saturated heterocycles. The predicted octanol–water partition coefficient (Wildman–Crippen LogP) is 1.66. The summed E-state index contributed by atoms with van der Waals surface area (Å²) in [5.41, 5.74) is -0.825. The fourth-order valence-electron chi connectivity index (χ4n) is 3.18. The van der Waals surface area contributed by atoms with Crippen molar-refractivity contribution in [3.05, 3.63) is 12.3 Å². The fraction of sp³-hybridized carbons (Fsp3) is 0.706. The van der Waals surface area contributed by atoms with E-state index in [2.05, 4.69) is 20.2 Å². The van der Waals surface area contributed by atoms with Crippen molar-refractivity contribution in [3.8, 4) is 5.88 Å². The Labute approximate surface area is 154 Å². The van der Waals surface area contributed by atoms with E-state index in [1.807, 2.05) is 0 Å². The monoisotopic (exact) mass is 370 g/mol. The molecule has 25 heavy (non-hydrogen) atoms. The van der Waals surface area contributed by atoms with E-state index in [9.17, 15) is 4.79 Å². The molecule has 0 unspecified atom stereocenters. The zero-order valence-electron chi connectivity index (χ0n) is 15.2. The third-order valence-electron chi connectivity index (χ3n) is 5.08. The molecule has 1 aromatic heterocycles. The first-order valence-electron chi connectivity index (χ1n) is 8.42. The molecule has 1 N–H and O–H groups in total. The van der Waals surface area contributed by atoms with Crippen LogP contribution in [-0.2, 0) is 9.53 Å². The summed E-state index contributed by atoms with van der Waals surface area (Å²) in [7, 11) is 3.15. The Hall–Kier alpha value is -1.60. The van der Waals surface area contributed by atoms with Gasteiger partial charge in [0.1, 0.15) is 5.60 Å². The van der Waals surface area contributed by atoms with Crippen LogP contribution in [0.1, 0.15) is 26.7 Å². The van der Waals surface area contributed by atoms with Gasteiger partial charge in [0.25, 0.3) is 5.91 Å². The summed E-state index contributed by atoms with van der Waals surface area (Å²) in [6.45, 7) is 5.13. The van der Waals surface area contributed by atoms with E-state index >= 15 is 0 Å². The van der Waals surface area contributed by atoms with Crippen LogP contribution in [0.2, 0.25) is 0 Å². The highest BCUT2D eigenvalue weighted by molar-refractivity contribution is 5.85. The van der Waals surface area contributed by atoms with E-state index in [-0.39, 0.29) is 24.4 Å². The molecule has 2 heterocycles. The summed E-state index contributed by atoms with van der Waals surface area (Å²) >= 11 is 0. The van der Waals surface area contributed by atoms with Gasteiger partial charge in [-0.2, -0.15) is 4.98 Å². The van der Waals surface area contributed by atoms with Gasteiger partial charge in [0.2, 0.25) is 11.8 Å². The standard InChI is InChI=1S/C17H26N4O3.ClH/c1-17(2,24-4)15(22)19-13-10-21(9-12(13)11-5-6-11)16-18-8-7-14(20-16)23-3;/h7-8,11-13H,5-6,9-10H2,1-4H3,(H,19,22);1H/t12-,13+;/m1./s1. The van der Waals surface area contributed by atoms with Crippen LogP contribution in [0.4, 0.5) is 5.95 Å². The number of anilines is 1. The molecule has 3 rings (SSSR count). The molecule has 0 spiro atoms. The van der Waals surface area contributed by atoms with Gasteiger partial charge in [0, 0.05) is 38.4 Å². The number of rotatable bonds is 6. The van der Waals surface area contributed by atoms with Crippen molar-refractivity contribution in [2.75, 3.05) is 32.2 Å². The lowest BCUT2D eigenvalue weighted by Crippen LogP contribution is -2.50. The molecule has 1 saturated carbocycles. The molecular formula is C17H27ClN4O3. The maximum absolute atomic E-state index is 12.5. The topological polar surface area (TPSA) is 76.6 Å². The Morgan fingerprint density at radius 3 is 2.64 bits per heavy atom. The molecule has 140 valence electrons. The van der Waals surface area contributed by atoms with E-state index in [1.165, 1.54) is 12.8 Å². The lowest BCUT2D eigenvalue weighted by atomic mass is 9.97. The number of nitrogens with one attached hydrogen (secondary N) is 1. The lowest BCUT2D eigenvalue weighted by Gasteiger charge is -2.26. The maximum atomic E-state index is 12.5. The Kier molecular flexibility index (Phi) is 6.11. The molecule has 1 aliphatic heterocycles. The van der Waals surface area contributed by atoms with Crippen molar-refractivity contribution >= 4 is 24.3 Å². The second kappa shape index (κ2) is 7.74. The van der Waals surface area contributed by atoms with Crippen molar-refractivity contribution in [1.82, 2.24) is 15.3 Å². The molecule has 1 aliphatic carbocycles. The van der Waals surface area contributed by atoms with Gasteiger partial charge in [-0.05, 0) is 32.6 Å². The highest BCUT2D eigenvalue weighted by atomic mass is 35.5. The Bertz CT molecular complexity index is 609. The third-order valence-corrected chi connectivity index (χ3v) is 5.08. The number of hydrogen-bond acceptors (Lipinski definition) is 6. The first-order valence-corrected chi connectivity index (χ1v) is 8.42. The number of halogens is 1. The van der Waals surface area contributed by atoms with E-state index in [0.29, 0.717) is 30.2 Å². The summed E-state index contributed by atoms with van der Waals surface area (Å²) in [5, 5.41) is 3.18. The van der Waals surface area contributed by atoms with Gasteiger partial charge in [0.05, 0.1) is 13.2 Å². The van der Waals surface area contributed by atoms with Crippen LogP contribution >= 0.6 is 12.4 Å². The largest absolute Gasteiger partial charge is 0.481 e. The fourth-order valence-corrected chi connectivity index (χ4v) is 3.18. The molecule has 0 radical (unpaired) electrons. The number of methoxy groups -OCH3 is 2. The smallest absolute Gasteiger partial charge is 0.251 e. The van der Waals surface area contributed by atoms with E-state index in [4.69, 9.17) is 9.47 Å². The molecule has 2 atom stereocenters. The zero-order chi connectivity index (χ0) is 17.3. The molecule has 7 nitrogen and oxygen atoms in total. The van der Waals surface area contributed by atoms with Crippen molar-refractivity contribution in [1.29, 1.82) is 0 Å². The van der Waals surface area contributed by atoms with Crippen LogP contribution in [0.5, 0.6) is 5.88 Å². The van der Waals surface area contributed by atoms with Crippen molar-refractivity contribution < 1.29 is 14.3 Å². The van der Waals surface area contributed by atoms with E-state index in [0.717, 1.165) is 6.54 Å². The first-order chi connectivity index (χ1) is 11.4. The summed E-state index contributed by atoms with van der Waals surface area (Å²) < 4.78 is 10.5. The first kappa shape index (κ1) is 19.7. The highest BCUT2D eigenvalue weighted by Crippen LogP contribution is 2.42. The Morgan fingerprint density at radius 1 is 1.32 bits per heavy atom. The molecule has 8 heteroatoms. The summed E-state index contributed by atoms with van der Waals surface area (Å²) in [6.07, 6.45) is 4.17. The highest BCUT2D eigenvalue weighted by Gasteiger charge is 2.45. The SMILES string of the molecule is COc1ccnc(N2C[C@H](NC(=O)C(C)(C)OC)[C@@H](C3CC3)C2)n1.Cl. The molecule has 1 amide bonds. The number of nitrogens with zero attached hydrogens (tertiary/aromatic N) is 3. The summed E-state index contributed by atoms with van der Waals surface area (Å²) in [4.78, 5) is 23.4. The quantitative estimate of drug-likeness (QED) is 0.820. The molecule has 1 aromatic rings.